The van der Waals surface area contributed by atoms with E-state index in [2.05, 4.69) is 36.8 Å². The van der Waals surface area contributed by atoms with Gasteiger partial charge in [-0.15, -0.1) is 34.2 Å². The van der Waals surface area contributed by atoms with Gasteiger partial charge in [0.05, 0.1) is 6.10 Å². The van der Waals surface area contributed by atoms with Crippen LogP contribution >= 0.6 is 24.0 Å². The fourth-order valence-electron chi connectivity index (χ4n) is 3.89. The first kappa shape index (κ1) is 23.7. The molecule has 2 N–H and O–H groups in total. The van der Waals surface area contributed by atoms with Crippen molar-refractivity contribution in [3.05, 3.63) is 36.0 Å². The van der Waals surface area contributed by atoms with E-state index in [-0.39, 0.29) is 30.1 Å². The van der Waals surface area contributed by atoms with Gasteiger partial charge in [-0.25, -0.2) is 9.98 Å². The molecule has 0 bridgehead atoms. The molecule has 0 aromatic carbocycles. The van der Waals surface area contributed by atoms with Crippen LogP contribution in [0.25, 0.3) is 0 Å². The molecule has 4 heterocycles. The number of piperidine rings is 1. The number of halogens is 1. The van der Waals surface area contributed by atoms with Crippen LogP contribution in [0, 0.1) is 6.92 Å². The van der Waals surface area contributed by atoms with Crippen LogP contribution in [0.4, 0.5) is 5.82 Å². The van der Waals surface area contributed by atoms with Crippen molar-refractivity contribution in [3.8, 4) is 0 Å². The number of nitrogens with one attached hydrogen (secondary N) is 2. The van der Waals surface area contributed by atoms with Crippen molar-refractivity contribution in [2.75, 3.05) is 31.1 Å². The third-order valence-corrected chi connectivity index (χ3v) is 5.89. The van der Waals surface area contributed by atoms with E-state index in [9.17, 15) is 0 Å². The number of anilines is 1. The number of pyridine rings is 1. The Morgan fingerprint density at radius 1 is 1.23 bits per heavy atom. The average Bonchev–Trinajstić information content (AvgIpc) is 3.42. The highest BCUT2D eigenvalue weighted by molar-refractivity contribution is 14.0. The summed E-state index contributed by atoms with van der Waals surface area (Å²) < 4.78 is 7.73. The van der Waals surface area contributed by atoms with Gasteiger partial charge in [0.1, 0.15) is 18.2 Å². The van der Waals surface area contributed by atoms with Gasteiger partial charge in [0.25, 0.3) is 0 Å². The Morgan fingerprint density at radius 2 is 2.06 bits per heavy atom. The van der Waals surface area contributed by atoms with Crippen LogP contribution in [-0.4, -0.2) is 64.1 Å². The van der Waals surface area contributed by atoms with Gasteiger partial charge < -0.3 is 24.8 Å². The van der Waals surface area contributed by atoms with Crippen molar-refractivity contribution in [2.45, 2.75) is 51.3 Å². The SMILES string of the molecule is Cc1nnc(CN=C(NCC2CCCO2)NC2CCN(c3ccccn3)CC2)n1C.I. The van der Waals surface area contributed by atoms with Crippen LogP contribution in [-0.2, 0) is 18.3 Å². The van der Waals surface area contributed by atoms with E-state index in [1.165, 1.54) is 0 Å². The molecular formula is C21H33IN8O. The first-order valence-corrected chi connectivity index (χ1v) is 10.9. The third kappa shape index (κ3) is 6.52. The number of aryl methyl sites for hydroxylation is 1. The van der Waals surface area contributed by atoms with E-state index in [1.807, 2.05) is 36.9 Å². The van der Waals surface area contributed by atoms with E-state index >= 15 is 0 Å². The summed E-state index contributed by atoms with van der Waals surface area (Å²) in [7, 11) is 1.97. The second-order valence-corrected chi connectivity index (χ2v) is 8.00. The van der Waals surface area contributed by atoms with E-state index in [1.54, 1.807) is 0 Å². The van der Waals surface area contributed by atoms with Crippen molar-refractivity contribution in [2.24, 2.45) is 12.0 Å². The van der Waals surface area contributed by atoms with Gasteiger partial charge in [-0.2, -0.15) is 0 Å². The summed E-state index contributed by atoms with van der Waals surface area (Å²) in [6, 6.07) is 6.45. The van der Waals surface area contributed by atoms with Crippen LogP contribution in [0.1, 0.15) is 37.3 Å². The van der Waals surface area contributed by atoms with E-state index < -0.39 is 0 Å². The van der Waals surface area contributed by atoms with Crippen molar-refractivity contribution >= 4 is 35.8 Å². The summed E-state index contributed by atoms with van der Waals surface area (Å²) in [5, 5.41) is 15.5. The zero-order chi connectivity index (χ0) is 20.8. The highest BCUT2D eigenvalue weighted by atomic mass is 127. The Bertz CT molecular complexity index is 829. The smallest absolute Gasteiger partial charge is 0.192 e. The maximum absolute atomic E-state index is 5.76. The highest BCUT2D eigenvalue weighted by Crippen LogP contribution is 2.17. The van der Waals surface area contributed by atoms with Crippen LogP contribution < -0.4 is 15.5 Å². The molecule has 0 spiro atoms. The monoisotopic (exact) mass is 540 g/mol. The summed E-state index contributed by atoms with van der Waals surface area (Å²) >= 11 is 0. The lowest BCUT2D eigenvalue weighted by Gasteiger charge is -2.34. The largest absolute Gasteiger partial charge is 0.376 e. The summed E-state index contributed by atoms with van der Waals surface area (Å²) in [4.78, 5) is 11.6. The minimum Gasteiger partial charge on any atom is -0.376 e. The zero-order valence-corrected chi connectivity index (χ0v) is 20.7. The topological polar surface area (TPSA) is 92.5 Å². The average molecular weight is 540 g/mol. The maximum Gasteiger partial charge on any atom is 0.192 e. The Balaban J connectivity index is 0.00000272. The van der Waals surface area contributed by atoms with Gasteiger partial charge in [0.2, 0.25) is 0 Å². The number of guanidine groups is 1. The molecule has 0 amide bonds. The summed E-state index contributed by atoms with van der Waals surface area (Å²) in [6.07, 6.45) is 6.44. The van der Waals surface area contributed by atoms with Crippen molar-refractivity contribution in [3.63, 3.8) is 0 Å². The predicted octanol–water partition coefficient (Wildman–Crippen LogP) is 2.02. The van der Waals surface area contributed by atoms with Gasteiger partial charge in [0, 0.05) is 45.5 Å². The van der Waals surface area contributed by atoms with Crippen molar-refractivity contribution < 1.29 is 4.74 Å². The Kier molecular flexibility index (Phi) is 8.88. The maximum atomic E-state index is 5.76. The minimum absolute atomic E-state index is 0. The fourth-order valence-corrected chi connectivity index (χ4v) is 3.89. The molecule has 0 radical (unpaired) electrons. The normalized spacial score (nSPS) is 19.9. The molecule has 1 unspecified atom stereocenters. The molecule has 2 aliphatic rings. The number of rotatable bonds is 6. The minimum atomic E-state index is 0. The van der Waals surface area contributed by atoms with Gasteiger partial charge in [-0.05, 0) is 44.7 Å². The fraction of sp³-hybridized carbons (Fsp3) is 0.619. The molecule has 2 saturated heterocycles. The Labute approximate surface area is 201 Å². The molecule has 2 fully saturated rings. The quantitative estimate of drug-likeness (QED) is 0.329. The number of nitrogens with zero attached hydrogens (tertiary/aromatic N) is 6. The lowest BCUT2D eigenvalue weighted by atomic mass is 10.1. The molecule has 0 saturated carbocycles. The molecule has 9 nitrogen and oxygen atoms in total. The molecule has 4 rings (SSSR count). The molecule has 2 aromatic rings. The third-order valence-electron chi connectivity index (χ3n) is 5.89. The second kappa shape index (κ2) is 11.6. The summed E-state index contributed by atoms with van der Waals surface area (Å²) in [5.41, 5.74) is 0. The number of hydrogen-bond acceptors (Lipinski definition) is 6. The van der Waals surface area contributed by atoms with Crippen LogP contribution in [0.5, 0.6) is 0 Å². The first-order chi connectivity index (χ1) is 14.7. The molecule has 170 valence electrons. The molecule has 1 atom stereocenters. The zero-order valence-electron chi connectivity index (χ0n) is 18.3. The summed E-state index contributed by atoms with van der Waals surface area (Å²) in [5.74, 6) is 3.63. The molecule has 2 aliphatic heterocycles. The van der Waals surface area contributed by atoms with Crippen molar-refractivity contribution in [1.82, 2.24) is 30.4 Å². The van der Waals surface area contributed by atoms with Crippen LogP contribution in [0.15, 0.2) is 29.4 Å². The van der Waals surface area contributed by atoms with E-state index in [0.29, 0.717) is 12.6 Å². The van der Waals surface area contributed by atoms with Gasteiger partial charge >= 0.3 is 0 Å². The second-order valence-electron chi connectivity index (χ2n) is 8.00. The highest BCUT2D eigenvalue weighted by Gasteiger charge is 2.22. The van der Waals surface area contributed by atoms with Crippen LogP contribution in [0.2, 0.25) is 0 Å². The molecular weight excluding hydrogens is 507 g/mol. The van der Waals surface area contributed by atoms with Crippen LogP contribution in [0.3, 0.4) is 0 Å². The Hall–Kier alpha value is -1.95. The van der Waals surface area contributed by atoms with E-state index in [0.717, 1.165) is 75.4 Å². The number of ether oxygens (including phenoxy) is 1. The molecule has 0 aliphatic carbocycles. The van der Waals surface area contributed by atoms with E-state index in [4.69, 9.17) is 9.73 Å². The molecule has 2 aromatic heterocycles. The van der Waals surface area contributed by atoms with Gasteiger partial charge in [0.15, 0.2) is 11.8 Å². The van der Waals surface area contributed by atoms with Crippen molar-refractivity contribution in [1.29, 1.82) is 0 Å². The van der Waals surface area contributed by atoms with Gasteiger partial charge in [-0.3, -0.25) is 0 Å². The number of aliphatic imine (C=N–C) groups is 1. The number of hydrogen-bond donors (Lipinski definition) is 2. The molecule has 10 heteroatoms. The lowest BCUT2D eigenvalue weighted by Crippen LogP contribution is -2.50. The number of aromatic nitrogens is 4. The Morgan fingerprint density at radius 3 is 2.71 bits per heavy atom. The first-order valence-electron chi connectivity index (χ1n) is 10.9. The van der Waals surface area contributed by atoms with Gasteiger partial charge in [-0.1, -0.05) is 6.07 Å². The predicted molar refractivity (Wildman–Crippen MR) is 132 cm³/mol. The standard InChI is InChI=1S/C21H32N8O.HI/c1-16-26-27-20(28(16)2)15-24-21(23-14-18-6-5-13-30-18)25-17-8-11-29(12-9-17)19-7-3-4-10-22-19;/h3-4,7,10,17-18H,5-6,8-9,11-15H2,1-2H3,(H2,23,24,25);1H. The molecule has 31 heavy (non-hydrogen) atoms. The lowest BCUT2D eigenvalue weighted by molar-refractivity contribution is 0.113. The summed E-state index contributed by atoms with van der Waals surface area (Å²) in [6.45, 7) is 6.04.